The van der Waals surface area contributed by atoms with Gasteiger partial charge in [-0.25, -0.2) is 4.39 Å². The number of aliphatic hydroxyl groups is 1. The van der Waals surface area contributed by atoms with Crippen LogP contribution >= 0.6 is 0 Å². The van der Waals surface area contributed by atoms with Crippen LogP contribution in [0.2, 0.25) is 0 Å². The Hall–Kier alpha value is -2.74. The Morgan fingerprint density at radius 1 is 1.31 bits per heavy atom. The first-order valence-corrected chi connectivity index (χ1v) is 9.88. The summed E-state index contributed by atoms with van der Waals surface area (Å²) in [6.45, 7) is 0.394. The minimum absolute atomic E-state index is 0.0913. The average molecular weight is 402 g/mol. The highest BCUT2D eigenvalue weighted by Gasteiger charge is 2.33. The van der Waals surface area contributed by atoms with Crippen LogP contribution in [-0.2, 0) is 29.6 Å². The first kappa shape index (κ1) is 21.0. The fourth-order valence-corrected chi connectivity index (χ4v) is 3.67. The first-order valence-electron chi connectivity index (χ1n) is 9.88. The summed E-state index contributed by atoms with van der Waals surface area (Å²) in [6.07, 6.45) is 4.66. The maximum absolute atomic E-state index is 13.7. The standard InChI is InChI=1S/C21H27FN4O3/c1-26-13-14(12-24-26)11-23-21(29)16-6-8-19(27)18(10-16)25-20(28)9-7-15-4-2-3-5-17(15)22/h2-5,12-13,16,18-19,27H,6-11H2,1H3,(H,23,29)(H,25,28)/t16-,18+,19+/m0/s1. The van der Waals surface area contributed by atoms with Crippen molar-refractivity contribution in [2.24, 2.45) is 13.0 Å². The van der Waals surface area contributed by atoms with Crippen LogP contribution < -0.4 is 10.6 Å². The predicted octanol–water partition coefficient (Wildman–Crippen LogP) is 1.45. The molecule has 1 aromatic heterocycles. The molecule has 2 amide bonds. The maximum atomic E-state index is 13.7. The van der Waals surface area contributed by atoms with Gasteiger partial charge in [0.25, 0.3) is 0 Å². The Bertz CT molecular complexity index is 854. The van der Waals surface area contributed by atoms with Crippen LogP contribution in [0.5, 0.6) is 0 Å². The van der Waals surface area contributed by atoms with Gasteiger partial charge < -0.3 is 15.7 Å². The van der Waals surface area contributed by atoms with Gasteiger partial charge in [0.1, 0.15) is 5.82 Å². The van der Waals surface area contributed by atoms with Gasteiger partial charge in [0.2, 0.25) is 11.8 Å². The van der Waals surface area contributed by atoms with Gasteiger partial charge in [-0.2, -0.15) is 5.10 Å². The monoisotopic (exact) mass is 402 g/mol. The van der Waals surface area contributed by atoms with Crippen molar-refractivity contribution >= 4 is 11.8 Å². The number of aliphatic hydroxyl groups excluding tert-OH is 1. The number of nitrogens with one attached hydrogen (secondary N) is 2. The van der Waals surface area contributed by atoms with Crippen LogP contribution in [0.4, 0.5) is 4.39 Å². The lowest BCUT2D eigenvalue weighted by Gasteiger charge is -2.33. The largest absolute Gasteiger partial charge is 0.391 e. The minimum Gasteiger partial charge on any atom is -0.391 e. The van der Waals surface area contributed by atoms with Crippen molar-refractivity contribution in [3.63, 3.8) is 0 Å². The van der Waals surface area contributed by atoms with E-state index in [-0.39, 0.29) is 36.4 Å². The van der Waals surface area contributed by atoms with Crippen LogP contribution in [-0.4, -0.2) is 38.8 Å². The molecule has 1 aliphatic rings. The van der Waals surface area contributed by atoms with E-state index in [1.807, 2.05) is 13.2 Å². The number of hydrogen-bond acceptors (Lipinski definition) is 4. The Balaban J connectivity index is 1.47. The molecule has 0 radical (unpaired) electrons. The summed E-state index contributed by atoms with van der Waals surface area (Å²) >= 11 is 0. The molecule has 0 spiro atoms. The van der Waals surface area contributed by atoms with Gasteiger partial charge in [0.15, 0.2) is 0 Å². The van der Waals surface area contributed by atoms with E-state index in [4.69, 9.17) is 0 Å². The van der Waals surface area contributed by atoms with Crippen LogP contribution in [0.3, 0.4) is 0 Å². The quantitative estimate of drug-likeness (QED) is 0.653. The molecule has 3 atom stereocenters. The number of benzene rings is 1. The number of carbonyl (C=O) groups excluding carboxylic acids is 2. The van der Waals surface area contributed by atoms with Gasteiger partial charge in [-0.15, -0.1) is 0 Å². The van der Waals surface area contributed by atoms with Crippen molar-refractivity contribution in [1.82, 2.24) is 20.4 Å². The molecule has 1 fully saturated rings. The third-order valence-corrected chi connectivity index (χ3v) is 5.34. The lowest BCUT2D eigenvalue weighted by molar-refractivity contribution is -0.129. The summed E-state index contributed by atoms with van der Waals surface area (Å²) in [6, 6.07) is 5.88. The molecule has 156 valence electrons. The summed E-state index contributed by atoms with van der Waals surface area (Å²) in [7, 11) is 1.81. The average Bonchev–Trinajstić information content (AvgIpc) is 3.12. The molecule has 1 saturated carbocycles. The van der Waals surface area contributed by atoms with E-state index < -0.39 is 12.1 Å². The van der Waals surface area contributed by atoms with Crippen molar-refractivity contribution in [2.75, 3.05) is 0 Å². The second-order valence-electron chi connectivity index (χ2n) is 7.58. The second kappa shape index (κ2) is 9.65. The molecule has 3 rings (SSSR count). The minimum atomic E-state index is -0.685. The van der Waals surface area contributed by atoms with E-state index >= 15 is 0 Å². The fourth-order valence-electron chi connectivity index (χ4n) is 3.67. The molecule has 1 aliphatic carbocycles. The highest BCUT2D eigenvalue weighted by molar-refractivity contribution is 5.79. The van der Waals surface area contributed by atoms with Gasteiger partial charge >= 0.3 is 0 Å². The molecule has 1 heterocycles. The maximum Gasteiger partial charge on any atom is 0.223 e. The Labute approximate surface area is 169 Å². The number of rotatable bonds is 7. The van der Waals surface area contributed by atoms with Crippen LogP contribution in [0.15, 0.2) is 36.7 Å². The zero-order valence-electron chi connectivity index (χ0n) is 16.5. The Kier molecular flexibility index (Phi) is 6.98. The normalized spacial score (nSPS) is 21.6. The molecule has 2 aromatic rings. The molecule has 3 N–H and O–H groups in total. The molecular formula is C21H27FN4O3. The zero-order chi connectivity index (χ0) is 20.8. The number of nitrogens with zero attached hydrogens (tertiary/aromatic N) is 2. The lowest BCUT2D eigenvalue weighted by atomic mass is 9.83. The molecule has 29 heavy (non-hydrogen) atoms. The van der Waals surface area contributed by atoms with Gasteiger partial charge in [0, 0.05) is 37.7 Å². The number of aromatic nitrogens is 2. The van der Waals surface area contributed by atoms with E-state index in [2.05, 4.69) is 15.7 Å². The van der Waals surface area contributed by atoms with Crippen molar-refractivity contribution in [2.45, 2.75) is 50.8 Å². The number of aryl methyl sites for hydroxylation is 2. The second-order valence-corrected chi connectivity index (χ2v) is 7.58. The van der Waals surface area contributed by atoms with E-state index in [1.165, 1.54) is 6.07 Å². The highest BCUT2D eigenvalue weighted by Crippen LogP contribution is 2.25. The Morgan fingerprint density at radius 3 is 2.83 bits per heavy atom. The highest BCUT2D eigenvalue weighted by atomic mass is 19.1. The predicted molar refractivity (Wildman–Crippen MR) is 105 cm³/mol. The SMILES string of the molecule is Cn1cc(CNC(=O)[C@H]2CC[C@@H](O)[C@H](NC(=O)CCc3ccccc3F)C2)cn1. The van der Waals surface area contributed by atoms with E-state index in [0.29, 0.717) is 31.4 Å². The fraction of sp³-hybridized carbons (Fsp3) is 0.476. The van der Waals surface area contributed by atoms with E-state index in [0.717, 1.165) is 5.56 Å². The summed E-state index contributed by atoms with van der Waals surface area (Å²) < 4.78 is 15.3. The van der Waals surface area contributed by atoms with E-state index in [1.54, 1.807) is 29.1 Å². The molecular weight excluding hydrogens is 375 g/mol. The van der Waals surface area contributed by atoms with Crippen molar-refractivity contribution in [3.05, 3.63) is 53.6 Å². The van der Waals surface area contributed by atoms with Crippen molar-refractivity contribution in [3.8, 4) is 0 Å². The summed E-state index contributed by atoms with van der Waals surface area (Å²) in [5.74, 6) is -0.949. The molecule has 0 aliphatic heterocycles. The van der Waals surface area contributed by atoms with Gasteiger partial charge in [0.05, 0.1) is 18.3 Å². The topological polar surface area (TPSA) is 96.3 Å². The van der Waals surface area contributed by atoms with Crippen molar-refractivity contribution < 1.29 is 19.1 Å². The summed E-state index contributed by atoms with van der Waals surface area (Å²) in [4.78, 5) is 24.8. The Morgan fingerprint density at radius 2 is 2.10 bits per heavy atom. The van der Waals surface area contributed by atoms with E-state index in [9.17, 15) is 19.1 Å². The number of amides is 2. The van der Waals surface area contributed by atoms with Gasteiger partial charge in [-0.05, 0) is 37.3 Å². The summed E-state index contributed by atoms with van der Waals surface area (Å²) in [5, 5.41) is 20.0. The molecule has 0 unspecified atom stereocenters. The first-order chi connectivity index (χ1) is 13.9. The third kappa shape index (κ3) is 5.87. The van der Waals surface area contributed by atoms with Gasteiger partial charge in [-0.1, -0.05) is 18.2 Å². The van der Waals surface area contributed by atoms with Gasteiger partial charge in [-0.3, -0.25) is 14.3 Å². The zero-order valence-corrected chi connectivity index (χ0v) is 16.5. The van der Waals surface area contributed by atoms with Crippen LogP contribution in [0.25, 0.3) is 0 Å². The third-order valence-electron chi connectivity index (χ3n) is 5.34. The molecule has 0 saturated heterocycles. The smallest absolute Gasteiger partial charge is 0.223 e. The molecule has 7 nitrogen and oxygen atoms in total. The molecule has 8 heteroatoms. The summed E-state index contributed by atoms with van der Waals surface area (Å²) in [5.41, 5.74) is 1.40. The number of carbonyl (C=O) groups is 2. The van der Waals surface area contributed by atoms with Crippen LogP contribution in [0.1, 0.15) is 36.8 Å². The number of halogens is 1. The lowest BCUT2D eigenvalue weighted by Crippen LogP contribution is -2.49. The molecule has 0 bridgehead atoms. The number of hydrogen-bond donors (Lipinski definition) is 3. The van der Waals surface area contributed by atoms with Crippen LogP contribution in [0, 0.1) is 11.7 Å². The molecule has 1 aromatic carbocycles. The van der Waals surface area contributed by atoms with Crippen molar-refractivity contribution in [1.29, 1.82) is 0 Å².